The molecule has 1 aliphatic rings. The molecule has 43 heavy (non-hydrogen) atoms. The molecular weight excluding hydrogens is 575 g/mol. The number of benzene rings is 2. The van der Waals surface area contributed by atoms with E-state index in [0.29, 0.717) is 31.2 Å². The van der Waals surface area contributed by atoms with Gasteiger partial charge in [-0.3, -0.25) is 4.79 Å². The van der Waals surface area contributed by atoms with Gasteiger partial charge in [0.05, 0.1) is 23.9 Å². The molecule has 10 nitrogen and oxygen atoms in total. The molecule has 0 aliphatic heterocycles. The SMILES string of the molecule is O=C(CCCC=CC[C@@H]1[C@@H](CC[C@@H](O)COc2cccc(C(F)(F)F)c2)[C@H](O)C[C@@H]1O)Oc1ccccc1CO[N+](=O)[O-]. The van der Waals surface area contributed by atoms with E-state index in [9.17, 15) is 43.4 Å². The quantitative estimate of drug-likeness (QED) is 0.0595. The van der Waals surface area contributed by atoms with Gasteiger partial charge >= 0.3 is 12.1 Å². The number of halogens is 3. The summed E-state index contributed by atoms with van der Waals surface area (Å²) in [5.41, 5.74) is -0.475. The van der Waals surface area contributed by atoms with E-state index in [0.717, 1.165) is 12.1 Å². The van der Waals surface area contributed by atoms with E-state index in [1.165, 1.54) is 18.2 Å². The third-order valence-electron chi connectivity index (χ3n) is 7.31. The fraction of sp³-hybridized carbons (Fsp3) is 0.500. The van der Waals surface area contributed by atoms with Crippen molar-refractivity contribution in [2.45, 2.75) is 76.0 Å². The molecule has 3 N–H and O–H groups in total. The van der Waals surface area contributed by atoms with Gasteiger partial charge in [-0.25, -0.2) is 0 Å². The normalized spacial score (nSPS) is 21.1. The van der Waals surface area contributed by atoms with Crippen LogP contribution in [0.5, 0.6) is 11.5 Å². The van der Waals surface area contributed by atoms with Gasteiger partial charge in [0.25, 0.3) is 5.09 Å². The Hall–Kier alpha value is -3.68. The van der Waals surface area contributed by atoms with E-state index in [4.69, 9.17) is 9.47 Å². The first kappa shape index (κ1) is 33.8. The second kappa shape index (κ2) is 16.2. The number of carbonyl (C=O) groups excluding carboxylic acids is 1. The van der Waals surface area contributed by atoms with Gasteiger partial charge in [-0.1, -0.05) is 36.4 Å². The minimum atomic E-state index is -4.50. The number of hydrogen-bond acceptors (Lipinski definition) is 9. The van der Waals surface area contributed by atoms with Crippen LogP contribution in [0.3, 0.4) is 0 Å². The molecule has 13 heteroatoms. The third kappa shape index (κ3) is 11.2. The summed E-state index contributed by atoms with van der Waals surface area (Å²) in [7, 11) is 0. The van der Waals surface area contributed by atoms with Crippen LogP contribution in [-0.4, -0.2) is 51.3 Å². The number of allylic oxidation sites excluding steroid dienone is 2. The first-order valence-electron chi connectivity index (χ1n) is 14.0. The second-order valence-corrected chi connectivity index (χ2v) is 10.4. The van der Waals surface area contributed by atoms with Gasteiger partial charge in [0.2, 0.25) is 0 Å². The zero-order chi connectivity index (χ0) is 31.4. The third-order valence-corrected chi connectivity index (χ3v) is 7.31. The van der Waals surface area contributed by atoms with Crippen LogP contribution in [0.15, 0.2) is 60.7 Å². The maximum atomic E-state index is 12.9. The first-order chi connectivity index (χ1) is 20.4. The summed E-state index contributed by atoms with van der Waals surface area (Å²) in [6, 6.07) is 10.8. The molecule has 0 radical (unpaired) electrons. The smallest absolute Gasteiger partial charge is 0.416 e. The molecule has 3 rings (SSSR count). The van der Waals surface area contributed by atoms with Crippen molar-refractivity contribution in [3.8, 4) is 11.5 Å². The van der Waals surface area contributed by atoms with E-state index in [1.54, 1.807) is 18.2 Å². The van der Waals surface area contributed by atoms with Gasteiger partial charge in [-0.2, -0.15) is 13.2 Å². The lowest BCUT2D eigenvalue weighted by Crippen LogP contribution is -2.25. The van der Waals surface area contributed by atoms with Crippen molar-refractivity contribution in [2.75, 3.05) is 6.61 Å². The lowest BCUT2D eigenvalue weighted by molar-refractivity contribution is -0.763. The van der Waals surface area contributed by atoms with Crippen molar-refractivity contribution in [2.24, 2.45) is 11.8 Å². The number of aliphatic hydroxyl groups excluding tert-OH is 3. The van der Waals surface area contributed by atoms with Crippen LogP contribution < -0.4 is 9.47 Å². The zero-order valence-electron chi connectivity index (χ0n) is 23.4. The molecule has 0 amide bonds. The van der Waals surface area contributed by atoms with Gasteiger partial charge in [0.1, 0.15) is 24.7 Å². The van der Waals surface area contributed by atoms with Crippen molar-refractivity contribution in [3.63, 3.8) is 0 Å². The molecule has 236 valence electrons. The zero-order valence-corrected chi connectivity index (χ0v) is 23.4. The van der Waals surface area contributed by atoms with Crippen molar-refractivity contribution in [1.82, 2.24) is 0 Å². The number of carbonyl (C=O) groups is 1. The van der Waals surface area contributed by atoms with Crippen molar-refractivity contribution < 1.29 is 52.7 Å². The second-order valence-electron chi connectivity index (χ2n) is 10.4. The number of nitrogens with zero attached hydrogens (tertiary/aromatic N) is 1. The average Bonchev–Trinajstić information content (AvgIpc) is 3.23. The Bertz CT molecular complexity index is 1220. The molecule has 1 aliphatic carbocycles. The topological polar surface area (TPSA) is 149 Å². The summed E-state index contributed by atoms with van der Waals surface area (Å²) in [5.74, 6) is -0.833. The van der Waals surface area contributed by atoms with Gasteiger partial charge in [-0.15, -0.1) is 10.1 Å². The molecule has 2 aromatic carbocycles. The lowest BCUT2D eigenvalue weighted by atomic mass is 9.86. The Morgan fingerprint density at radius 3 is 2.58 bits per heavy atom. The summed E-state index contributed by atoms with van der Waals surface area (Å²) in [5, 5.41) is 40.8. The minimum absolute atomic E-state index is 0.00594. The highest BCUT2D eigenvalue weighted by atomic mass is 19.4. The van der Waals surface area contributed by atoms with Gasteiger partial charge in [0.15, 0.2) is 0 Å². The maximum Gasteiger partial charge on any atom is 0.416 e. The number of aliphatic hydroxyl groups is 3. The molecule has 5 atom stereocenters. The van der Waals surface area contributed by atoms with Crippen LogP contribution in [0, 0.1) is 22.0 Å². The number of hydrogen-bond donors (Lipinski definition) is 3. The number of unbranched alkanes of at least 4 members (excludes halogenated alkanes) is 1. The van der Waals surface area contributed by atoms with Crippen molar-refractivity contribution in [1.29, 1.82) is 0 Å². The number of para-hydroxylation sites is 1. The number of alkyl halides is 3. The van der Waals surface area contributed by atoms with Crippen LogP contribution in [0.1, 0.15) is 56.1 Å². The fourth-order valence-corrected chi connectivity index (χ4v) is 5.08. The first-order valence-corrected chi connectivity index (χ1v) is 14.0. The summed E-state index contributed by atoms with van der Waals surface area (Å²) in [6.45, 7) is -0.549. The summed E-state index contributed by atoms with van der Waals surface area (Å²) in [6.07, 6.45) is -0.723. The number of ether oxygens (including phenoxy) is 2. The summed E-state index contributed by atoms with van der Waals surface area (Å²) < 4.78 is 49.3. The molecule has 2 aromatic rings. The van der Waals surface area contributed by atoms with E-state index >= 15 is 0 Å². The molecule has 0 spiro atoms. The minimum Gasteiger partial charge on any atom is -0.491 e. The van der Waals surface area contributed by atoms with E-state index < -0.39 is 41.1 Å². The van der Waals surface area contributed by atoms with Gasteiger partial charge in [-0.05, 0) is 74.6 Å². The lowest BCUT2D eigenvalue weighted by Gasteiger charge is -2.23. The molecular formula is C30H36F3NO9. The number of esters is 1. The Balaban J connectivity index is 1.39. The van der Waals surface area contributed by atoms with E-state index in [-0.39, 0.29) is 55.8 Å². The monoisotopic (exact) mass is 611 g/mol. The van der Waals surface area contributed by atoms with Crippen LogP contribution in [0.2, 0.25) is 0 Å². The van der Waals surface area contributed by atoms with E-state index in [1.807, 2.05) is 12.2 Å². The molecule has 0 unspecified atom stereocenters. The molecule has 1 saturated carbocycles. The Morgan fingerprint density at radius 2 is 1.84 bits per heavy atom. The average molecular weight is 612 g/mol. The Kier molecular flexibility index (Phi) is 12.8. The van der Waals surface area contributed by atoms with Gasteiger partial charge < -0.3 is 29.6 Å². The fourth-order valence-electron chi connectivity index (χ4n) is 5.08. The highest BCUT2D eigenvalue weighted by molar-refractivity contribution is 5.72. The molecule has 0 saturated heterocycles. The van der Waals surface area contributed by atoms with Crippen LogP contribution in [-0.2, 0) is 22.4 Å². The van der Waals surface area contributed by atoms with Crippen LogP contribution >= 0.6 is 0 Å². The maximum absolute atomic E-state index is 12.9. The predicted octanol–water partition coefficient (Wildman–Crippen LogP) is 5.01. The predicted molar refractivity (Wildman–Crippen MR) is 147 cm³/mol. The van der Waals surface area contributed by atoms with E-state index in [2.05, 4.69) is 4.84 Å². The molecule has 0 heterocycles. The Morgan fingerprint density at radius 1 is 1.09 bits per heavy atom. The molecule has 1 fully saturated rings. The highest BCUT2D eigenvalue weighted by Crippen LogP contribution is 2.38. The largest absolute Gasteiger partial charge is 0.491 e. The Labute approximate surface area is 246 Å². The highest BCUT2D eigenvalue weighted by Gasteiger charge is 2.40. The standard InChI is InChI=1S/C30H36F3NO9/c31-30(32,33)21-9-7-10-23(16-21)41-19-22(35)14-15-25-24(26(36)17-27(25)37)11-3-1-2-4-13-29(38)43-28-12-6-5-8-20(28)18-42-34(39)40/h1,3,5-10,12,16,22,24-27,35-37H,2,4,11,13-15,17-19H2/t22-,24-,25-,26+,27-/m1/s1. The molecule has 0 bridgehead atoms. The molecule has 0 aromatic heterocycles. The van der Waals surface area contributed by atoms with Gasteiger partial charge in [0, 0.05) is 12.0 Å². The van der Waals surface area contributed by atoms with Crippen LogP contribution in [0.25, 0.3) is 0 Å². The van der Waals surface area contributed by atoms with Crippen molar-refractivity contribution >= 4 is 5.97 Å². The van der Waals surface area contributed by atoms with Crippen molar-refractivity contribution in [3.05, 3.63) is 81.9 Å². The van der Waals surface area contributed by atoms with Crippen LogP contribution in [0.4, 0.5) is 13.2 Å². The summed E-state index contributed by atoms with van der Waals surface area (Å²) in [4.78, 5) is 27.0. The summed E-state index contributed by atoms with van der Waals surface area (Å²) >= 11 is 0. The number of rotatable bonds is 16.